The van der Waals surface area contributed by atoms with Crippen LogP contribution in [0.3, 0.4) is 0 Å². The van der Waals surface area contributed by atoms with Gasteiger partial charge in [-0.1, -0.05) is 0 Å². The molecule has 0 radical (unpaired) electrons. The molecule has 0 bridgehead atoms. The third-order valence-electron chi connectivity index (χ3n) is 4.51. The van der Waals surface area contributed by atoms with Gasteiger partial charge in [-0.3, -0.25) is 4.79 Å². The lowest BCUT2D eigenvalue weighted by molar-refractivity contribution is 0.0473. The van der Waals surface area contributed by atoms with Gasteiger partial charge in [0.25, 0.3) is 0 Å². The van der Waals surface area contributed by atoms with E-state index < -0.39 is 5.97 Å². The summed E-state index contributed by atoms with van der Waals surface area (Å²) in [6.45, 7) is 5.62. The van der Waals surface area contributed by atoms with Crippen molar-refractivity contribution in [3.8, 4) is 11.5 Å². The third kappa shape index (κ3) is 4.14. The maximum Gasteiger partial charge on any atom is 0.338 e. The highest BCUT2D eigenvalue weighted by Crippen LogP contribution is 2.31. The first-order valence-corrected chi connectivity index (χ1v) is 8.77. The number of aryl methyl sites for hydroxylation is 1. The number of carbonyl (C=O) groups excluding carboxylic acids is 2. The molecule has 0 saturated carbocycles. The lowest BCUT2D eigenvalue weighted by Gasteiger charge is -2.18. The van der Waals surface area contributed by atoms with Crippen molar-refractivity contribution >= 4 is 11.8 Å². The SMILES string of the molecule is COCCn1c(C)cc(C(=O)COC(=O)c2ccc3c(c2)OCCO3)c1C. The number of hydrogen-bond donors (Lipinski definition) is 0. The topological polar surface area (TPSA) is 76.0 Å². The molecule has 0 atom stereocenters. The second-order valence-corrected chi connectivity index (χ2v) is 6.29. The molecule has 0 spiro atoms. The molecule has 0 saturated heterocycles. The Morgan fingerprint density at radius 1 is 1.11 bits per heavy atom. The molecule has 7 nitrogen and oxygen atoms in total. The molecule has 0 amide bonds. The van der Waals surface area contributed by atoms with E-state index in [0.29, 0.717) is 49.0 Å². The summed E-state index contributed by atoms with van der Waals surface area (Å²) in [6, 6.07) is 6.64. The van der Waals surface area contributed by atoms with E-state index in [2.05, 4.69) is 0 Å². The summed E-state index contributed by atoms with van der Waals surface area (Å²) in [4.78, 5) is 24.8. The number of hydrogen-bond acceptors (Lipinski definition) is 6. The number of ketones is 1. The molecule has 1 aromatic heterocycles. The van der Waals surface area contributed by atoms with Gasteiger partial charge < -0.3 is 23.5 Å². The molecule has 1 aliphatic heterocycles. The second kappa shape index (κ2) is 8.26. The number of esters is 1. The zero-order valence-electron chi connectivity index (χ0n) is 15.7. The molecule has 1 aromatic carbocycles. The van der Waals surface area contributed by atoms with Gasteiger partial charge in [0.1, 0.15) is 13.2 Å². The van der Waals surface area contributed by atoms with Crippen LogP contribution < -0.4 is 9.47 Å². The molecule has 2 heterocycles. The van der Waals surface area contributed by atoms with Gasteiger partial charge in [-0.25, -0.2) is 4.79 Å². The van der Waals surface area contributed by atoms with Crippen molar-refractivity contribution in [2.75, 3.05) is 33.5 Å². The lowest BCUT2D eigenvalue weighted by Crippen LogP contribution is -2.17. The molecule has 0 N–H and O–H groups in total. The molecule has 27 heavy (non-hydrogen) atoms. The number of benzene rings is 1. The third-order valence-corrected chi connectivity index (χ3v) is 4.51. The standard InChI is InChI=1S/C20H23NO6/c1-13-10-16(14(2)21(13)6-7-24-3)17(22)12-27-20(23)15-4-5-18-19(11-15)26-9-8-25-18/h4-5,10-11H,6-9,12H2,1-3H3. The van der Waals surface area contributed by atoms with E-state index >= 15 is 0 Å². The van der Waals surface area contributed by atoms with E-state index in [9.17, 15) is 9.59 Å². The Kier molecular flexibility index (Phi) is 5.81. The van der Waals surface area contributed by atoms with E-state index in [4.69, 9.17) is 18.9 Å². The number of nitrogens with zero attached hydrogens (tertiary/aromatic N) is 1. The summed E-state index contributed by atoms with van der Waals surface area (Å²) in [5, 5.41) is 0. The highest BCUT2D eigenvalue weighted by molar-refractivity contribution is 6.00. The molecule has 2 aromatic rings. The molecule has 144 valence electrons. The van der Waals surface area contributed by atoms with Crippen molar-refractivity contribution in [1.82, 2.24) is 4.57 Å². The Labute approximate surface area is 157 Å². The fraction of sp³-hybridized carbons (Fsp3) is 0.400. The van der Waals surface area contributed by atoms with Crippen LogP contribution in [0.25, 0.3) is 0 Å². The summed E-state index contributed by atoms with van der Waals surface area (Å²) in [5.41, 5.74) is 2.67. The van der Waals surface area contributed by atoms with Crippen molar-refractivity contribution < 1.29 is 28.5 Å². The zero-order chi connectivity index (χ0) is 19.4. The van der Waals surface area contributed by atoms with Gasteiger partial charge in [0.15, 0.2) is 18.1 Å². The Morgan fingerprint density at radius 3 is 2.59 bits per heavy atom. The van der Waals surface area contributed by atoms with Crippen LogP contribution in [0.4, 0.5) is 0 Å². The smallest absolute Gasteiger partial charge is 0.338 e. The van der Waals surface area contributed by atoms with Crippen molar-refractivity contribution in [1.29, 1.82) is 0 Å². The lowest BCUT2D eigenvalue weighted by atomic mass is 10.1. The maximum absolute atomic E-state index is 12.5. The van der Waals surface area contributed by atoms with Gasteiger partial charge in [0, 0.05) is 30.6 Å². The largest absolute Gasteiger partial charge is 0.486 e. The molecule has 0 unspecified atom stereocenters. The fourth-order valence-electron chi connectivity index (χ4n) is 3.07. The quantitative estimate of drug-likeness (QED) is 0.548. The monoisotopic (exact) mass is 373 g/mol. The number of rotatable bonds is 7. The summed E-state index contributed by atoms with van der Waals surface area (Å²) in [5.74, 6) is 0.285. The highest BCUT2D eigenvalue weighted by Gasteiger charge is 2.19. The first-order valence-electron chi connectivity index (χ1n) is 8.77. The molecule has 1 aliphatic rings. The minimum absolute atomic E-state index is 0.238. The van der Waals surface area contributed by atoms with Gasteiger partial charge in [0.2, 0.25) is 5.78 Å². The van der Waals surface area contributed by atoms with E-state index in [0.717, 1.165) is 11.4 Å². The Balaban J connectivity index is 1.64. The Morgan fingerprint density at radius 2 is 1.85 bits per heavy atom. The Hall–Kier alpha value is -2.80. The van der Waals surface area contributed by atoms with Crippen LogP contribution in [0, 0.1) is 13.8 Å². The molecular weight excluding hydrogens is 350 g/mol. The van der Waals surface area contributed by atoms with E-state index in [1.54, 1.807) is 25.3 Å². The minimum atomic E-state index is -0.575. The van der Waals surface area contributed by atoms with E-state index in [-0.39, 0.29) is 12.4 Å². The van der Waals surface area contributed by atoms with Gasteiger partial charge in [-0.2, -0.15) is 0 Å². The fourth-order valence-corrected chi connectivity index (χ4v) is 3.07. The highest BCUT2D eigenvalue weighted by atomic mass is 16.6. The van der Waals surface area contributed by atoms with Crippen molar-refractivity contribution in [3.05, 3.63) is 46.8 Å². The van der Waals surface area contributed by atoms with Crippen LogP contribution in [0.5, 0.6) is 11.5 Å². The summed E-state index contributed by atoms with van der Waals surface area (Å²) in [6.07, 6.45) is 0. The molecule has 7 heteroatoms. The van der Waals surface area contributed by atoms with Crippen molar-refractivity contribution in [2.45, 2.75) is 20.4 Å². The molecule has 0 aliphatic carbocycles. The average Bonchev–Trinajstić information content (AvgIpc) is 2.97. The van der Waals surface area contributed by atoms with Gasteiger partial charge in [0.05, 0.1) is 12.2 Å². The first-order chi connectivity index (χ1) is 13.0. The second-order valence-electron chi connectivity index (χ2n) is 6.29. The Bertz CT molecular complexity index is 854. The van der Waals surface area contributed by atoms with Gasteiger partial charge in [-0.15, -0.1) is 0 Å². The van der Waals surface area contributed by atoms with Crippen molar-refractivity contribution in [3.63, 3.8) is 0 Å². The van der Waals surface area contributed by atoms with Gasteiger partial charge in [-0.05, 0) is 38.1 Å². The summed E-state index contributed by atoms with van der Waals surface area (Å²) in [7, 11) is 1.64. The summed E-state index contributed by atoms with van der Waals surface area (Å²) < 4.78 is 23.2. The maximum atomic E-state index is 12.5. The number of methoxy groups -OCH3 is 1. The predicted molar refractivity (Wildman–Crippen MR) is 97.8 cm³/mol. The average molecular weight is 373 g/mol. The predicted octanol–water partition coefficient (Wildman–Crippen LogP) is 2.56. The van der Waals surface area contributed by atoms with Gasteiger partial charge >= 0.3 is 5.97 Å². The normalized spacial score (nSPS) is 12.7. The number of carbonyl (C=O) groups is 2. The van der Waals surface area contributed by atoms with E-state index in [1.165, 1.54) is 0 Å². The number of aromatic nitrogens is 1. The van der Waals surface area contributed by atoms with E-state index in [1.807, 2.05) is 24.5 Å². The van der Waals surface area contributed by atoms with Crippen molar-refractivity contribution in [2.24, 2.45) is 0 Å². The zero-order valence-corrected chi connectivity index (χ0v) is 15.7. The summed E-state index contributed by atoms with van der Waals surface area (Å²) >= 11 is 0. The van der Waals surface area contributed by atoms with Crippen LogP contribution in [-0.2, 0) is 16.0 Å². The first kappa shape index (κ1) is 19.0. The number of fused-ring (bicyclic) bond motifs is 1. The van der Waals surface area contributed by atoms with Crippen LogP contribution in [0.1, 0.15) is 32.1 Å². The molecule has 0 fully saturated rings. The number of Topliss-reactive ketones (excluding diaryl/α,β-unsaturated/α-hetero) is 1. The van der Waals surface area contributed by atoms with Crippen LogP contribution in [0.2, 0.25) is 0 Å². The van der Waals surface area contributed by atoms with Crippen LogP contribution in [-0.4, -0.2) is 49.9 Å². The minimum Gasteiger partial charge on any atom is -0.486 e. The molecule has 3 rings (SSSR count). The van der Waals surface area contributed by atoms with Crippen LogP contribution in [0.15, 0.2) is 24.3 Å². The number of ether oxygens (including phenoxy) is 4. The molecular formula is C20H23NO6. The van der Waals surface area contributed by atoms with Crippen LogP contribution >= 0.6 is 0 Å².